The van der Waals surface area contributed by atoms with Gasteiger partial charge < -0.3 is 15.2 Å². The van der Waals surface area contributed by atoms with Gasteiger partial charge in [-0.15, -0.1) is 0 Å². The van der Waals surface area contributed by atoms with Crippen LogP contribution in [0.4, 0.5) is 0 Å². The van der Waals surface area contributed by atoms with Crippen molar-refractivity contribution in [3.05, 3.63) is 0 Å². The summed E-state index contributed by atoms with van der Waals surface area (Å²) in [5.41, 5.74) is 5.38. The average molecular weight is 147 g/mol. The maximum atomic E-state index is 5.38. The Balaban J connectivity index is 2.89. The van der Waals surface area contributed by atoms with Crippen LogP contribution in [0.25, 0.3) is 0 Å². The molecule has 0 bridgehead atoms. The van der Waals surface area contributed by atoms with E-state index in [1.54, 1.807) is 7.11 Å². The third-order valence-corrected chi connectivity index (χ3v) is 1.24. The minimum Gasteiger partial charge on any atom is -0.382 e. The number of rotatable bonds is 6. The molecular formula is C7H17NO2. The highest BCUT2D eigenvalue weighted by Crippen LogP contribution is 1.91. The zero-order valence-corrected chi connectivity index (χ0v) is 6.80. The van der Waals surface area contributed by atoms with E-state index in [2.05, 4.69) is 6.92 Å². The molecule has 0 aromatic rings. The van der Waals surface area contributed by atoms with E-state index in [1.807, 2.05) is 0 Å². The SMILES string of the molecule is COCCOCC(C)CN. The quantitative estimate of drug-likeness (QED) is 0.547. The Morgan fingerprint density at radius 2 is 2.10 bits per heavy atom. The molecule has 2 N–H and O–H groups in total. The van der Waals surface area contributed by atoms with Crippen molar-refractivity contribution in [3.63, 3.8) is 0 Å². The number of nitrogens with two attached hydrogens (primary N) is 1. The van der Waals surface area contributed by atoms with E-state index in [4.69, 9.17) is 15.2 Å². The summed E-state index contributed by atoms with van der Waals surface area (Å²) in [6, 6.07) is 0. The molecule has 62 valence electrons. The first-order chi connectivity index (χ1) is 4.81. The van der Waals surface area contributed by atoms with Gasteiger partial charge in [0.2, 0.25) is 0 Å². The lowest BCUT2D eigenvalue weighted by Crippen LogP contribution is -2.17. The average Bonchev–Trinajstić information content (AvgIpc) is 1.98. The van der Waals surface area contributed by atoms with Crippen LogP contribution in [0.2, 0.25) is 0 Å². The summed E-state index contributed by atoms with van der Waals surface area (Å²) in [6.45, 7) is 4.82. The molecule has 10 heavy (non-hydrogen) atoms. The number of methoxy groups -OCH3 is 1. The van der Waals surface area contributed by atoms with E-state index in [9.17, 15) is 0 Å². The molecule has 1 unspecified atom stereocenters. The molecular weight excluding hydrogens is 130 g/mol. The summed E-state index contributed by atoms with van der Waals surface area (Å²) in [4.78, 5) is 0. The van der Waals surface area contributed by atoms with Gasteiger partial charge in [-0.05, 0) is 12.5 Å². The lowest BCUT2D eigenvalue weighted by atomic mass is 10.2. The molecule has 0 rings (SSSR count). The van der Waals surface area contributed by atoms with Gasteiger partial charge in [0.1, 0.15) is 0 Å². The van der Waals surface area contributed by atoms with E-state index in [0.29, 0.717) is 25.7 Å². The van der Waals surface area contributed by atoms with Gasteiger partial charge in [0, 0.05) is 7.11 Å². The van der Waals surface area contributed by atoms with Crippen molar-refractivity contribution in [1.82, 2.24) is 0 Å². The summed E-state index contributed by atoms with van der Waals surface area (Å²) in [6.07, 6.45) is 0. The van der Waals surface area contributed by atoms with Crippen molar-refractivity contribution in [2.24, 2.45) is 11.7 Å². The van der Waals surface area contributed by atoms with E-state index in [1.165, 1.54) is 0 Å². The van der Waals surface area contributed by atoms with Crippen LogP contribution in [0, 0.1) is 5.92 Å². The maximum absolute atomic E-state index is 5.38. The molecule has 0 spiro atoms. The lowest BCUT2D eigenvalue weighted by Gasteiger charge is -2.07. The van der Waals surface area contributed by atoms with Crippen molar-refractivity contribution in [3.8, 4) is 0 Å². The Bertz CT molecular complexity index is 68.6. The van der Waals surface area contributed by atoms with Gasteiger partial charge in [-0.2, -0.15) is 0 Å². The van der Waals surface area contributed by atoms with E-state index in [-0.39, 0.29) is 0 Å². The van der Waals surface area contributed by atoms with Crippen molar-refractivity contribution in [2.75, 3.05) is 33.5 Å². The maximum Gasteiger partial charge on any atom is 0.0700 e. The first kappa shape index (κ1) is 9.88. The standard InChI is InChI=1S/C7H17NO2/c1-7(5-8)6-10-4-3-9-2/h7H,3-6,8H2,1-2H3. The molecule has 0 aromatic carbocycles. The minimum absolute atomic E-state index is 0.455. The smallest absolute Gasteiger partial charge is 0.0700 e. The highest BCUT2D eigenvalue weighted by Gasteiger charge is 1.96. The van der Waals surface area contributed by atoms with Crippen LogP contribution in [-0.2, 0) is 9.47 Å². The zero-order chi connectivity index (χ0) is 7.82. The van der Waals surface area contributed by atoms with Crippen LogP contribution < -0.4 is 5.73 Å². The Hall–Kier alpha value is -0.120. The number of hydrogen-bond acceptors (Lipinski definition) is 3. The van der Waals surface area contributed by atoms with Crippen LogP contribution in [-0.4, -0.2) is 33.5 Å². The van der Waals surface area contributed by atoms with Crippen molar-refractivity contribution < 1.29 is 9.47 Å². The molecule has 0 radical (unpaired) electrons. The van der Waals surface area contributed by atoms with Crippen LogP contribution in [0.5, 0.6) is 0 Å². The molecule has 0 aliphatic rings. The molecule has 0 heterocycles. The molecule has 3 heteroatoms. The molecule has 0 aliphatic carbocycles. The molecule has 0 aromatic heterocycles. The fourth-order valence-electron chi connectivity index (χ4n) is 0.495. The monoisotopic (exact) mass is 147 g/mol. The van der Waals surface area contributed by atoms with Crippen LogP contribution in [0.1, 0.15) is 6.92 Å². The second-order valence-electron chi connectivity index (χ2n) is 2.41. The van der Waals surface area contributed by atoms with Gasteiger partial charge in [0.25, 0.3) is 0 Å². The van der Waals surface area contributed by atoms with Crippen LogP contribution in [0.15, 0.2) is 0 Å². The molecule has 0 saturated heterocycles. The predicted octanol–water partition coefficient (Wildman–Crippen LogP) is 0.244. The van der Waals surface area contributed by atoms with Gasteiger partial charge in [0.15, 0.2) is 0 Å². The molecule has 0 amide bonds. The van der Waals surface area contributed by atoms with Crippen molar-refractivity contribution in [1.29, 1.82) is 0 Å². The predicted molar refractivity (Wildman–Crippen MR) is 40.9 cm³/mol. The summed E-state index contributed by atoms with van der Waals surface area (Å²) in [5, 5.41) is 0. The lowest BCUT2D eigenvalue weighted by molar-refractivity contribution is 0.0557. The summed E-state index contributed by atoms with van der Waals surface area (Å²) < 4.78 is 10.0. The number of ether oxygens (including phenoxy) is 2. The van der Waals surface area contributed by atoms with Gasteiger partial charge in [-0.3, -0.25) is 0 Å². The second kappa shape index (κ2) is 6.99. The van der Waals surface area contributed by atoms with Crippen molar-refractivity contribution in [2.45, 2.75) is 6.92 Å². The highest BCUT2D eigenvalue weighted by molar-refractivity contribution is 4.49. The largest absolute Gasteiger partial charge is 0.382 e. The second-order valence-corrected chi connectivity index (χ2v) is 2.41. The first-order valence-corrected chi connectivity index (χ1v) is 3.58. The topological polar surface area (TPSA) is 44.5 Å². The van der Waals surface area contributed by atoms with Gasteiger partial charge in [-0.1, -0.05) is 6.92 Å². The Morgan fingerprint density at radius 1 is 1.40 bits per heavy atom. The van der Waals surface area contributed by atoms with Crippen LogP contribution >= 0.6 is 0 Å². The molecule has 1 atom stereocenters. The number of hydrogen-bond donors (Lipinski definition) is 1. The minimum atomic E-state index is 0.455. The van der Waals surface area contributed by atoms with Gasteiger partial charge in [-0.25, -0.2) is 0 Å². The fourth-order valence-corrected chi connectivity index (χ4v) is 0.495. The van der Waals surface area contributed by atoms with Gasteiger partial charge in [0.05, 0.1) is 19.8 Å². The normalized spacial score (nSPS) is 13.5. The third kappa shape index (κ3) is 6.01. The van der Waals surface area contributed by atoms with E-state index >= 15 is 0 Å². The molecule has 3 nitrogen and oxygen atoms in total. The van der Waals surface area contributed by atoms with E-state index in [0.717, 1.165) is 6.61 Å². The molecule has 0 aliphatic heterocycles. The zero-order valence-electron chi connectivity index (χ0n) is 6.80. The van der Waals surface area contributed by atoms with E-state index < -0.39 is 0 Å². The molecule has 0 saturated carbocycles. The van der Waals surface area contributed by atoms with Gasteiger partial charge >= 0.3 is 0 Å². The molecule has 0 fully saturated rings. The Labute approximate surface area is 62.5 Å². The summed E-state index contributed by atoms with van der Waals surface area (Å²) in [7, 11) is 1.66. The van der Waals surface area contributed by atoms with Crippen LogP contribution in [0.3, 0.4) is 0 Å². The summed E-state index contributed by atoms with van der Waals surface area (Å²) >= 11 is 0. The van der Waals surface area contributed by atoms with Crippen molar-refractivity contribution >= 4 is 0 Å². The Kier molecular flexibility index (Phi) is 6.91. The third-order valence-electron chi connectivity index (χ3n) is 1.24. The fraction of sp³-hybridized carbons (Fsp3) is 1.00. The Morgan fingerprint density at radius 3 is 2.60 bits per heavy atom. The summed E-state index contributed by atoms with van der Waals surface area (Å²) in [5.74, 6) is 0.455. The highest BCUT2D eigenvalue weighted by atomic mass is 16.5. The first-order valence-electron chi connectivity index (χ1n) is 3.58.